The summed E-state index contributed by atoms with van der Waals surface area (Å²) < 4.78 is 38.5. The Morgan fingerprint density at radius 2 is 0.854 bits per heavy atom. The largest absolute Gasteiger partial charge is 0.548 e. The number of primary amides is 2. The lowest BCUT2D eigenvalue weighted by atomic mass is 9.92. The first-order chi connectivity index (χ1) is 61.5. The standard InChI is InChI=1S/C84H126N24O15.C2HF3O2/c1-9-107(10-2)51-31-33-55-65(45-51)123-66-46-52(108(11-3)12-4)32-34-56(66)70(55)53-25-16-17-26-54(53)72(112)99-60(35-37-67(86)109)76(116)100-59(29-21-41-95-83(90)91)75(115)104-63(43-48(5)6)78(118)105-64(44-50-23-14-13-15-24-50)79(119)101-61(36-38-68(87)110)77(117)106-71(49(7)8)80(120)102-57(27-18-19-39-85)73(113)97-47-69(111)98-58(28-20-40-94-82(88)89)74(114)103-62(81(121)122)30-22-42-96-84(92)93;3-2(4,5)1(6)7/h13-17,23-26,31-34,45-46,48-49,57-64,71H,9-12,18-22,27-30,35-44,47,85H2,1-8H3,(H26-,86,87,88,89,90,91,92,93,94,95,96,97,98,99,100,101,102,103,104,105,106,109,110,111,112,113,114,115,116,117,118,119,120,121,122);(H,6,7)/t57-,58-,59-,60-,61-,62-,63-,64-,71-;/m0./s1. The van der Waals surface area contributed by atoms with Gasteiger partial charge in [0, 0.05) is 87.6 Å². The lowest BCUT2D eigenvalue weighted by Gasteiger charge is -2.29. The van der Waals surface area contributed by atoms with Crippen LogP contribution in [0.25, 0.3) is 33.1 Å². The molecule has 0 aliphatic heterocycles. The Morgan fingerprint density at radius 3 is 1.30 bits per heavy atom. The zero-order valence-corrected chi connectivity index (χ0v) is 74.5. The predicted molar refractivity (Wildman–Crippen MR) is 481 cm³/mol. The number of carbonyl (C=O) groups is 14. The van der Waals surface area contributed by atoms with Crippen molar-refractivity contribution in [1.29, 1.82) is 16.2 Å². The average molecular weight is 1830 g/mol. The number of nitrogens with one attached hydrogen (secondary N) is 16. The number of carbonyl (C=O) groups excluding carboxylic acids is 13. The van der Waals surface area contributed by atoms with E-state index in [1.165, 1.54) is 0 Å². The Labute approximate surface area is 751 Å². The fraction of sp³-hybridized carbons (Fsp3) is 0.512. The van der Waals surface area contributed by atoms with Gasteiger partial charge in [-0.3, -0.25) is 73.8 Å². The summed E-state index contributed by atoms with van der Waals surface area (Å²) in [5, 5.41) is 77.1. The summed E-state index contributed by atoms with van der Waals surface area (Å²) in [6.45, 7) is 17.4. The van der Waals surface area contributed by atoms with Crippen molar-refractivity contribution in [1.82, 2.24) is 69.1 Å². The van der Waals surface area contributed by atoms with E-state index < -0.39 is 175 Å². The summed E-state index contributed by atoms with van der Waals surface area (Å²) in [5.74, 6) is -17.3. The van der Waals surface area contributed by atoms with Crippen molar-refractivity contribution in [2.75, 3.05) is 68.7 Å². The third-order valence-electron chi connectivity index (χ3n) is 20.6. The van der Waals surface area contributed by atoms with Gasteiger partial charge in [0.2, 0.25) is 65.0 Å². The van der Waals surface area contributed by atoms with Crippen LogP contribution in [0.3, 0.4) is 0 Å². The number of nitrogens with two attached hydrogens (primary N) is 6. The number of aliphatic carboxylic acids is 2. The number of benzene rings is 4. The predicted octanol–water partition coefficient (Wildman–Crippen LogP) is 0.0973. The molecule has 714 valence electrons. The number of hydrogen-bond acceptors (Lipinski definition) is 21. The lowest BCUT2D eigenvalue weighted by molar-refractivity contribution is -0.308. The number of rotatable bonds is 55. The molecule has 0 radical (unpaired) electrons. The maximum absolute atomic E-state index is 15.1. The molecule has 4 aromatic carbocycles. The molecule has 5 rings (SSSR count). The number of nitrogens with zero attached hydrogens (tertiary/aromatic N) is 2. The summed E-state index contributed by atoms with van der Waals surface area (Å²) >= 11 is 0. The van der Waals surface area contributed by atoms with Crippen molar-refractivity contribution in [2.45, 2.75) is 212 Å². The minimum absolute atomic E-state index is 0.0387. The number of alkyl halides is 3. The van der Waals surface area contributed by atoms with E-state index in [0.717, 1.165) is 37.6 Å². The van der Waals surface area contributed by atoms with E-state index in [1.807, 2.05) is 36.4 Å². The summed E-state index contributed by atoms with van der Waals surface area (Å²) in [6, 6.07) is 13.6. The van der Waals surface area contributed by atoms with Gasteiger partial charge < -0.3 is 128 Å². The van der Waals surface area contributed by atoms with Crippen LogP contribution in [0.4, 0.5) is 24.5 Å². The first kappa shape index (κ1) is 109. The molecule has 9 atom stereocenters. The van der Waals surface area contributed by atoms with Crippen molar-refractivity contribution in [2.24, 2.45) is 46.2 Å². The van der Waals surface area contributed by atoms with Gasteiger partial charge in [-0.1, -0.05) is 76.2 Å². The zero-order chi connectivity index (χ0) is 97.1. The highest BCUT2D eigenvalue weighted by molar-refractivity contribution is 6.14. The van der Waals surface area contributed by atoms with Crippen LogP contribution in [0.2, 0.25) is 0 Å². The maximum Gasteiger partial charge on any atom is 0.490 e. The van der Waals surface area contributed by atoms with Gasteiger partial charge in [-0.15, -0.1) is 0 Å². The molecule has 5 aromatic rings. The molecular weight excluding hydrogens is 1700 g/mol. The zero-order valence-electron chi connectivity index (χ0n) is 74.5. The molecule has 41 nitrogen and oxygen atoms in total. The fourth-order valence-corrected chi connectivity index (χ4v) is 13.8. The Morgan fingerprint density at radius 1 is 0.462 bits per heavy atom. The van der Waals surface area contributed by atoms with Crippen LogP contribution < -0.4 is 118 Å². The Bertz CT molecular complexity index is 4640. The number of anilines is 2. The summed E-state index contributed by atoms with van der Waals surface area (Å²) in [7, 11) is 0. The smallest absolute Gasteiger partial charge is 0.490 e. The monoisotopic (exact) mass is 1820 g/mol. The number of amides is 12. The van der Waals surface area contributed by atoms with Crippen LogP contribution in [-0.2, 0) is 68.7 Å². The third-order valence-corrected chi connectivity index (χ3v) is 20.6. The van der Waals surface area contributed by atoms with Crippen LogP contribution >= 0.6 is 0 Å². The minimum Gasteiger partial charge on any atom is -0.548 e. The van der Waals surface area contributed by atoms with Crippen molar-refractivity contribution >= 4 is 134 Å². The molecule has 44 heteroatoms. The number of carboxylic acid groups (broad SMARTS) is 2. The van der Waals surface area contributed by atoms with E-state index in [0.29, 0.717) is 45.0 Å². The Hall–Kier alpha value is -13.7. The molecule has 0 bridgehead atoms. The highest BCUT2D eigenvalue weighted by Crippen LogP contribution is 2.41. The molecule has 29 N–H and O–H groups in total. The third kappa shape index (κ3) is 37.3. The van der Waals surface area contributed by atoms with Crippen molar-refractivity contribution in [3.63, 3.8) is 0 Å². The van der Waals surface area contributed by atoms with Gasteiger partial charge in [-0.2, -0.15) is 13.2 Å². The van der Waals surface area contributed by atoms with Crippen LogP contribution in [0, 0.1) is 28.1 Å². The highest BCUT2D eigenvalue weighted by Gasteiger charge is 2.40. The van der Waals surface area contributed by atoms with E-state index in [2.05, 4.69) is 107 Å². The summed E-state index contributed by atoms with van der Waals surface area (Å²) in [4.78, 5) is 196. The molecular formula is C86H127F3N24O17. The number of unbranched alkanes of at least 4 members (excludes halogenated alkanes) is 1. The van der Waals surface area contributed by atoms with Gasteiger partial charge in [-0.05, 0) is 165 Å². The second-order valence-electron chi connectivity index (χ2n) is 31.4. The van der Waals surface area contributed by atoms with E-state index in [-0.39, 0.29) is 126 Å². The van der Waals surface area contributed by atoms with E-state index in [4.69, 9.17) is 64.9 Å². The molecule has 0 saturated heterocycles. The van der Waals surface area contributed by atoms with E-state index in [1.54, 1.807) is 82.3 Å². The first-order valence-corrected chi connectivity index (χ1v) is 43.0. The molecule has 0 fully saturated rings. The highest BCUT2D eigenvalue weighted by atomic mass is 19.4. The molecule has 0 saturated carbocycles. The normalized spacial score (nSPS) is 13.2. The van der Waals surface area contributed by atoms with Crippen molar-refractivity contribution < 1.29 is 94.9 Å². The topological polar surface area (TPSA) is 684 Å². The van der Waals surface area contributed by atoms with Gasteiger partial charge in [0.1, 0.15) is 48.3 Å². The van der Waals surface area contributed by atoms with Crippen molar-refractivity contribution in [3.05, 3.63) is 102 Å². The van der Waals surface area contributed by atoms with Gasteiger partial charge in [0.05, 0.1) is 41.5 Å². The molecule has 12 amide bonds. The minimum atomic E-state index is -5.08. The summed E-state index contributed by atoms with van der Waals surface area (Å²) in [6.07, 6.45) is -6.44. The molecule has 0 aliphatic rings. The van der Waals surface area contributed by atoms with Crippen LogP contribution in [-0.4, -0.2) is 225 Å². The molecule has 0 spiro atoms. The van der Waals surface area contributed by atoms with Crippen LogP contribution in [0.1, 0.15) is 161 Å². The maximum atomic E-state index is 15.1. The number of guanidine groups is 3. The molecule has 0 unspecified atom stereocenters. The summed E-state index contributed by atoms with van der Waals surface area (Å²) in [5.41, 5.74) is 38.2. The Balaban J connectivity index is 0.00000484. The van der Waals surface area contributed by atoms with Gasteiger partial charge in [0.15, 0.2) is 17.9 Å². The molecule has 1 heterocycles. The fourth-order valence-electron chi connectivity index (χ4n) is 13.8. The number of carboxylic acids is 2. The SMILES string of the molecule is CCN(CC)c1ccc2c(-c3ccccc3C(=O)N[C@@H](CCC(N)=O)C(=O)N[C@@H](CCCNC(=N)N)C(=O)N[C@@H](CC(C)C)C(=O)N[C@@H](Cc3ccccc3)C(=O)N[C@@H](CCC(N)=O)C(=O)N[C@H](C(=O)N[C@@H](CCCCN)C(=O)NCC(=O)N[C@@H](CCCNC(=N)N)C(=O)N[C@@H](CCCNC(=N)N)C(=O)[O-])C(C)C)c3ccc(N(CC)CC)cc3[o+]c2c1.O=C(O)C(F)(F)F. The average Bonchev–Trinajstić information content (AvgIpc) is 0.743. The number of fused-ring (bicyclic) bond motifs is 2. The van der Waals surface area contributed by atoms with Gasteiger partial charge in [0.25, 0.3) is 5.91 Å². The second-order valence-corrected chi connectivity index (χ2v) is 31.4. The quantitative estimate of drug-likeness (QED) is 0.00807. The molecule has 1 aromatic heterocycles. The van der Waals surface area contributed by atoms with E-state index in [9.17, 15) is 66.2 Å². The van der Waals surface area contributed by atoms with Gasteiger partial charge in [-0.25, -0.2) is 9.21 Å². The van der Waals surface area contributed by atoms with Crippen LogP contribution in [0.5, 0.6) is 0 Å². The van der Waals surface area contributed by atoms with E-state index >= 15 is 14.4 Å². The first-order valence-electron chi connectivity index (χ1n) is 43.0. The number of halogens is 3. The van der Waals surface area contributed by atoms with Crippen LogP contribution in [0.15, 0.2) is 95.4 Å². The Kier molecular flexibility index (Phi) is 46.1. The number of hydrogen-bond donors (Lipinski definition) is 23. The van der Waals surface area contributed by atoms with Crippen molar-refractivity contribution in [3.8, 4) is 11.1 Å². The lowest BCUT2D eigenvalue weighted by Crippen LogP contribution is -2.61. The van der Waals surface area contributed by atoms with Gasteiger partial charge >= 0.3 is 23.3 Å². The second kappa shape index (κ2) is 55.1. The molecule has 130 heavy (non-hydrogen) atoms. The molecule has 0 aliphatic carbocycles.